The summed E-state index contributed by atoms with van der Waals surface area (Å²) < 4.78 is 0. The maximum absolute atomic E-state index is 4.40. The molecule has 2 aromatic rings. The molecule has 1 unspecified atom stereocenters. The maximum Gasteiger partial charge on any atom is 0.191 e. The molecule has 2 aliphatic rings. The molecule has 7 heteroatoms. The quantitative estimate of drug-likeness (QED) is 0.308. The summed E-state index contributed by atoms with van der Waals surface area (Å²) in [5.74, 6) is 0.872. The summed E-state index contributed by atoms with van der Waals surface area (Å²) >= 11 is 1.90. The molecule has 0 radical (unpaired) electrons. The average Bonchev–Trinajstić information content (AvgIpc) is 3.46. The van der Waals surface area contributed by atoms with Gasteiger partial charge in [0, 0.05) is 50.7 Å². The number of rotatable bonds is 7. The Kier molecular flexibility index (Phi) is 9.62. The summed E-state index contributed by atoms with van der Waals surface area (Å²) in [5, 5.41) is 9.19. The van der Waals surface area contributed by atoms with Crippen molar-refractivity contribution in [1.29, 1.82) is 0 Å². The molecule has 3 heterocycles. The highest BCUT2D eigenvalue weighted by atomic mass is 127. The fourth-order valence-corrected chi connectivity index (χ4v) is 5.28. The van der Waals surface area contributed by atoms with Gasteiger partial charge in [-0.1, -0.05) is 24.3 Å². The molecule has 0 saturated carbocycles. The number of aliphatic imine (C=N–C) groups is 1. The van der Waals surface area contributed by atoms with Gasteiger partial charge in [-0.3, -0.25) is 14.8 Å². The topological polar surface area (TPSA) is 42.9 Å². The van der Waals surface area contributed by atoms with Gasteiger partial charge in [-0.15, -0.1) is 35.3 Å². The number of hydrogen-bond donors (Lipinski definition) is 2. The predicted octanol–water partition coefficient (Wildman–Crippen LogP) is 4.07. The lowest BCUT2D eigenvalue weighted by molar-refractivity contribution is 0.192. The summed E-state index contributed by atoms with van der Waals surface area (Å²) in [5.41, 5.74) is 4.21. The molecule has 1 aromatic carbocycles. The molecule has 170 valence electrons. The summed E-state index contributed by atoms with van der Waals surface area (Å²) in [6, 6.07) is 11.8. The van der Waals surface area contributed by atoms with Gasteiger partial charge in [0.05, 0.1) is 0 Å². The number of nitrogens with zero attached hydrogens (tertiary/aromatic N) is 3. The highest BCUT2D eigenvalue weighted by Crippen LogP contribution is 2.25. The van der Waals surface area contributed by atoms with Crippen LogP contribution in [-0.4, -0.2) is 55.0 Å². The van der Waals surface area contributed by atoms with Crippen LogP contribution in [0.25, 0.3) is 0 Å². The Bertz CT molecular complexity index is 829. The van der Waals surface area contributed by atoms with E-state index in [1.54, 1.807) is 4.88 Å². The Morgan fingerprint density at radius 1 is 1.06 bits per heavy atom. The van der Waals surface area contributed by atoms with E-state index in [1.807, 2.05) is 18.4 Å². The van der Waals surface area contributed by atoms with Gasteiger partial charge >= 0.3 is 0 Å². The van der Waals surface area contributed by atoms with Crippen LogP contribution in [0.5, 0.6) is 0 Å². The van der Waals surface area contributed by atoms with Crippen LogP contribution in [0.2, 0.25) is 0 Å². The molecule has 1 saturated heterocycles. The van der Waals surface area contributed by atoms with Gasteiger partial charge in [0.1, 0.15) is 0 Å². The largest absolute Gasteiger partial charge is 0.355 e. The van der Waals surface area contributed by atoms with Crippen molar-refractivity contribution in [2.45, 2.75) is 51.9 Å². The summed E-state index contributed by atoms with van der Waals surface area (Å²) in [6.45, 7) is 9.78. The first kappa shape index (κ1) is 24.5. The van der Waals surface area contributed by atoms with Crippen LogP contribution in [0.15, 0.2) is 40.7 Å². The second-order valence-electron chi connectivity index (χ2n) is 8.54. The van der Waals surface area contributed by atoms with E-state index >= 15 is 0 Å². The first-order valence-electron chi connectivity index (χ1n) is 11.3. The summed E-state index contributed by atoms with van der Waals surface area (Å²) in [4.78, 5) is 11.1. The van der Waals surface area contributed by atoms with Crippen molar-refractivity contribution in [2.75, 3.05) is 33.2 Å². The van der Waals surface area contributed by atoms with Gasteiger partial charge in [-0.25, -0.2) is 0 Å². The van der Waals surface area contributed by atoms with Gasteiger partial charge < -0.3 is 10.6 Å². The van der Waals surface area contributed by atoms with Crippen molar-refractivity contribution >= 4 is 41.3 Å². The number of likely N-dealkylation sites (tertiary alicyclic amines) is 1. The monoisotopic (exact) mass is 553 g/mol. The Morgan fingerprint density at radius 3 is 2.55 bits per heavy atom. The van der Waals surface area contributed by atoms with Crippen LogP contribution < -0.4 is 10.6 Å². The van der Waals surface area contributed by atoms with Crippen molar-refractivity contribution in [3.8, 4) is 0 Å². The fourth-order valence-electron chi connectivity index (χ4n) is 4.39. The number of guanidine groups is 1. The number of fused-ring (bicyclic) bond motifs is 1. The zero-order valence-electron chi connectivity index (χ0n) is 18.8. The number of benzene rings is 1. The molecule has 31 heavy (non-hydrogen) atoms. The van der Waals surface area contributed by atoms with Gasteiger partial charge in [-0.05, 0) is 67.4 Å². The van der Waals surface area contributed by atoms with Crippen LogP contribution in [0, 0.1) is 0 Å². The van der Waals surface area contributed by atoms with E-state index in [2.05, 4.69) is 68.1 Å². The number of thiophene rings is 1. The molecule has 4 rings (SSSR count). The lowest BCUT2D eigenvalue weighted by atomic mass is 10.1. The first-order valence-corrected chi connectivity index (χ1v) is 12.1. The van der Waals surface area contributed by atoms with Crippen molar-refractivity contribution < 1.29 is 0 Å². The number of hydrogen-bond acceptors (Lipinski definition) is 4. The highest BCUT2D eigenvalue weighted by molar-refractivity contribution is 14.0. The Morgan fingerprint density at radius 2 is 1.81 bits per heavy atom. The average molecular weight is 554 g/mol. The molecule has 2 aliphatic heterocycles. The Balaban J connectivity index is 0.00000272. The third-order valence-corrected chi connectivity index (χ3v) is 7.36. The van der Waals surface area contributed by atoms with E-state index in [0.717, 1.165) is 38.7 Å². The summed E-state index contributed by atoms with van der Waals surface area (Å²) in [6.07, 6.45) is 3.87. The SMILES string of the molecule is CN=C(NCc1ccc(CN2CCCC2)cc1)NCC(C)N1CCc2sccc2C1.I. The Hall–Kier alpha value is -1.16. The van der Waals surface area contributed by atoms with E-state index in [9.17, 15) is 0 Å². The van der Waals surface area contributed by atoms with Crippen molar-refractivity contribution in [3.05, 3.63) is 57.3 Å². The smallest absolute Gasteiger partial charge is 0.191 e. The number of nitrogens with one attached hydrogen (secondary N) is 2. The maximum atomic E-state index is 4.40. The molecule has 1 atom stereocenters. The van der Waals surface area contributed by atoms with Gasteiger partial charge in [0.2, 0.25) is 0 Å². The first-order chi connectivity index (χ1) is 14.7. The van der Waals surface area contributed by atoms with Crippen molar-refractivity contribution in [1.82, 2.24) is 20.4 Å². The highest BCUT2D eigenvalue weighted by Gasteiger charge is 2.21. The van der Waals surface area contributed by atoms with Crippen LogP contribution in [-0.2, 0) is 26.1 Å². The zero-order chi connectivity index (χ0) is 20.8. The molecule has 0 aliphatic carbocycles. The van der Waals surface area contributed by atoms with E-state index in [4.69, 9.17) is 0 Å². The normalized spacial score (nSPS) is 18.3. The lowest BCUT2D eigenvalue weighted by Crippen LogP contribution is -2.47. The standard InChI is InChI=1S/C24H35N5S.HI/c1-19(29-13-9-23-22(18-29)10-14-30-23)15-26-24(25-2)27-16-20-5-7-21(8-6-20)17-28-11-3-4-12-28;/h5-8,10,14,19H,3-4,9,11-13,15-18H2,1-2H3,(H2,25,26,27);1H. The molecule has 1 aromatic heterocycles. The molecular weight excluding hydrogens is 517 g/mol. The molecule has 2 N–H and O–H groups in total. The van der Waals surface area contributed by atoms with Crippen molar-refractivity contribution in [3.63, 3.8) is 0 Å². The fraction of sp³-hybridized carbons (Fsp3) is 0.542. The van der Waals surface area contributed by atoms with Gasteiger partial charge in [0.25, 0.3) is 0 Å². The number of halogens is 1. The molecule has 0 bridgehead atoms. The minimum absolute atomic E-state index is 0. The summed E-state index contributed by atoms with van der Waals surface area (Å²) in [7, 11) is 1.84. The second kappa shape index (κ2) is 12.2. The minimum atomic E-state index is 0. The van der Waals surface area contributed by atoms with Gasteiger partial charge in [-0.2, -0.15) is 0 Å². The predicted molar refractivity (Wildman–Crippen MR) is 142 cm³/mol. The van der Waals surface area contributed by atoms with Crippen LogP contribution in [0.1, 0.15) is 41.3 Å². The van der Waals surface area contributed by atoms with Crippen LogP contribution in [0.3, 0.4) is 0 Å². The molecule has 5 nitrogen and oxygen atoms in total. The molecular formula is C24H36IN5S. The van der Waals surface area contributed by atoms with Crippen molar-refractivity contribution in [2.24, 2.45) is 4.99 Å². The van der Waals surface area contributed by atoms with Crippen LogP contribution >= 0.6 is 35.3 Å². The molecule has 0 spiro atoms. The van der Waals surface area contributed by atoms with Crippen LogP contribution in [0.4, 0.5) is 0 Å². The van der Waals surface area contributed by atoms with E-state index in [-0.39, 0.29) is 24.0 Å². The lowest BCUT2D eigenvalue weighted by Gasteiger charge is -2.32. The third-order valence-electron chi connectivity index (χ3n) is 6.34. The molecule has 1 fully saturated rings. The third kappa shape index (κ3) is 6.91. The minimum Gasteiger partial charge on any atom is -0.355 e. The van der Waals surface area contributed by atoms with E-state index < -0.39 is 0 Å². The van der Waals surface area contributed by atoms with E-state index in [1.165, 1.54) is 49.0 Å². The van der Waals surface area contributed by atoms with Gasteiger partial charge in [0.15, 0.2) is 5.96 Å². The van der Waals surface area contributed by atoms with E-state index in [0.29, 0.717) is 6.04 Å². The zero-order valence-corrected chi connectivity index (χ0v) is 21.9. The second-order valence-corrected chi connectivity index (χ2v) is 9.55. The molecule has 0 amide bonds. The Labute approximate surface area is 208 Å².